The Labute approximate surface area is 171 Å². The zero-order valence-electron chi connectivity index (χ0n) is 16.9. The van der Waals surface area contributed by atoms with Crippen molar-refractivity contribution in [3.63, 3.8) is 0 Å². The van der Waals surface area contributed by atoms with E-state index in [9.17, 15) is 14.4 Å². The maximum atomic E-state index is 12.6. The normalized spacial score (nSPS) is 19.1. The van der Waals surface area contributed by atoms with Gasteiger partial charge in [-0.15, -0.1) is 6.42 Å². The maximum Gasteiger partial charge on any atom is 0.240 e. The number of rotatable bonds is 8. The molecular formula is C22H28N4O3. The number of carbonyl (C=O) groups is 3. The van der Waals surface area contributed by atoms with Crippen LogP contribution in [0, 0.1) is 18.3 Å². The summed E-state index contributed by atoms with van der Waals surface area (Å²) in [6.07, 6.45) is 9.84. The smallest absolute Gasteiger partial charge is 0.240 e. The highest BCUT2D eigenvalue weighted by Gasteiger charge is 2.32. The summed E-state index contributed by atoms with van der Waals surface area (Å²) in [6.45, 7) is 2.92. The number of nitrogens with one attached hydrogen (secondary N) is 2. The molecule has 2 amide bonds. The van der Waals surface area contributed by atoms with Gasteiger partial charge in [0.25, 0.3) is 0 Å². The quantitative estimate of drug-likeness (QED) is 0.647. The second-order valence-electron chi connectivity index (χ2n) is 7.82. The average Bonchev–Trinajstić information content (AvgIpc) is 3.04. The molecule has 0 saturated carbocycles. The third-order valence-electron chi connectivity index (χ3n) is 5.47. The number of pyridine rings is 1. The van der Waals surface area contributed by atoms with Crippen molar-refractivity contribution in [3.05, 3.63) is 23.4 Å². The molecule has 3 heterocycles. The van der Waals surface area contributed by atoms with Gasteiger partial charge in [-0.05, 0) is 50.7 Å². The molecule has 0 spiro atoms. The van der Waals surface area contributed by atoms with Crippen LogP contribution in [0.1, 0.15) is 43.9 Å². The van der Waals surface area contributed by atoms with Gasteiger partial charge in [0.1, 0.15) is 11.6 Å². The van der Waals surface area contributed by atoms with Crippen LogP contribution in [0.2, 0.25) is 0 Å². The molecule has 2 atom stereocenters. The fourth-order valence-electron chi connectivity index (χ4n) is 3.91. The average molecular weight is 396 g/mol. The summed E-state index contributed by atoms with van der Waals surface area (Å²) in [5, 5.41) is 5.97. The summed E-state index contributed by atoms with van der Waals surface area (Å²) in [5.74, 6) is 2.87. The molecule has 0 radical (unpaired) electrons. The first-order valence-corrected chi connectivity index (χ1v) is 10.2. The molecule has 1 aromatic heterocycles. The van der Waals surface area contributed by atoms with Crippen molar-refractivity contribution in [1.82, 2.24) is 15.2 Å². The Morgan fingerprint density at radius 3 is 3.03 bits per heavy atom. The lowest BCUT2D eigenvalue weighted by Gasteiger charge is -2.19. The Kier molecular flexibility index (Phi) is 6.86. The summed E-state index contributed by atoms with van der Waals surface area (Å²) >= 11 is 0. The van der Waals surface area contributed by atoms with E-state index in [0.717, 1.165) is 50.2 Å². The second kappa shape index (κ2) is 9.55. The summed E-state index contributed by atoms with van der Waals surface area (Å²) < 4.78 is 0. The largest absolute Gasteiger partial charge is 0.370 e. The van der Waals surface area contributed by atoms with Gasteiger partial charge >= 0.3 is 0 Å². The van der Waals surface area contributed by atoms with Crippen molar-refractivity contribution in [2.45, 2.75) is 51.5 Å². The van der Waals surface area contributed by atoms with E-state index in [1.165, 1.54) is 12.5 Å². The second-order valence-corrected chi connectivity index (χ2v) is 7.82. The number of aromatic nitrogens is 1. The zero-order valence-corrected chi connectivity index (χ0v) is 16.9. The van der Waals surface area contributed by atoms with Crippen LogP contribution in [0.3, 0.4) is 0 Å². The molecule has 1 aromatic rings. The van der Waals surface area contributed by atoms with Gasteiger partial charge in [-0.25, -0.2) is 4.98 Å². The Hall–Kier alpha value is -2.88. The number of anilines is 1. The van der Waals surface area contributed by atoms with E-state index in [2.05, 4.69) is 27.6 Å². The van der Waals surface area contributed by atoms with Crippen LogP contribution in [-0.4, -0.2) is 53.2 Å². The Morgan fingerprint density at radius 1 is 1.45 bits per heavy atom. The number of hydrogen-bond donors (Lipinski definition) is 2. The number of hydrogen-bond acceptors (Lipinski definition) is 5. The van der Waals surface area contributed by atoms with Crippen molar-refractivity contribution in [1.29, 1.82) is 0 Å². The molecule has 2 aliphatic rings. The van der Waals surface area contributed by atoms with Gasteiger partial charge in [0, 0.05) is 31.1 Å². The van der Waals surface area contributed by atoms with Crippen LogP contribution in [0.5, 0.6) is 0 Å². The number of amides is 2. The first kappa shape index (κ1) is 20.8. The fourth-order valence-corrected chi connectivity index (χ4v) is 3.91. The van der Waals surface area contributed by atoms with Crippen LogP contribution in [-0.2, 0) is 27.2 Å². The lowest BCUT2D eigenvalue weighted by Crippen LogP contribution is -2.43. The molecule has 2 aliphatic heterocycles. The van der Waals surface area contributed by atoms with Crippen molar-refractivity contribution >= 4 is 23.4 Å². The van der Waals surface area contributed by atoms with Crippen molar-refractivity contribution in [2.24, 2.45) is 5.92 Å². The number of ketones is 1. The highest BCUT2D eigenvalue weighted by Crippen LogP contribution is 2.24. The molecule has 0 aliphatic carbocycles. The number of carbonyl (C=O) groups excluding carboxylic acids is 3. The Bertz CT molecular complexity index is 830. The molecule has 7 nitrogen and oxygen atoms in total. The topological polar surface area (TPSA) is 91.4 Å². The van der Waals surface area contributed by atoms with Gasteiger partial charge in [-0.3, -0.25) is 14.4 Å². The first-order valence-electron chi connectivity index (χ1n) is 10.2. The molecule has 2 N–H and O–H groups in total. The molecule has 0 bridgehead atoms. The molecule has 1 saturated heterocycles. The van der Waals surface area contributed by atoms with E-state index >= 15 is 0 Å². The zero-order chi connectivity index (χ0) is 20.8. The Balaban J connectivity index is 1.48. The Morgan fingerprint density at radius 2 is 2.28 bits per heavy atom. The van der Waals surface area contributed by atoms with E-state index in [1.54, 1.807) is 4.90 Å². The number of aryl methyl sites for hydroxylation is 2. The molecule has 1 fully saturated rings. The highest BCUT2D eigenvalue weighted by atomic mass is 16.2. The van der Waals surface area contributed by atoms with E-state index < -0.39 is 6.04 Å². The first-order chi connectivity index (χ1) is 14.0. The highest BCUT2D eigenvalue weighted by molar-refractivity contribution is 5.88. The standard InChI is InChI=1S/C22H28N4O3/c1-3-18(13-15(2)27)24-20(28)14-26-12-10-17(22(26)29)7-9-19-8-6-16-5-4-11-23-21(16)25-19/h1,6,8,17-18H,4-5,7,9-14H2,2H3,(H,23,25)(H,24,28)/t17-,18+/m0/s1. The van der Waals surface area contributed by atoms with Gasteiger partial charge in [0.05, 0.1) is 12.6 Å². The maximum absolute atomic E-state index is 12.6. The molecule has 0 aromatic carbocycles. The minimum absolute atomic E-state index is 0.0000561. The number of Topliss-reactive ketones (excluding diaryl/α,β-unsaturated/α-hetero) is 1. The predicted molar refractivity (Wildman–Crippen MR) is 110 cm³/mol. The molecule has 0 unspecified atom stereocenters. The SMILES string of the molecule is C#C[C@H](CC(C)=O)NC(=O)CN1CC[C@H](CCc2ccc3c(n2)NCCC3)C1=O. The van der Waals surface area contributed by atoms with E-state index in [0.29, 0.717) is 6.54 Å². The third-order valence-corrected chi connectivity index (χ3v) is 5.47. The molecule has 7 heteroatoms. The van der Waals surface area contributed by atoms with Crippen molar-refractivity contribution in [3.8, 4) is 12.3 Å². The minimum Gasteiger partial charge on any atom is -0.370 e. The predicted octanol–water partition coefficient (Wildman–Crippen LogP) is 1.32. The van der Waals surface area contributed by atoms with Crippen LogP contribution >= 0.6 is 0 Å². The summed E-state index contributed by atoms with van der Waals surface area (Å²) in [7, 11) is 0. The van der Waals surface area contributed by atoms with Crippen molar-refractivity contribution in [2.75, 3.05) is 25.0 Å². The van der Waals surface area contributed by atoms with Gasteiger partial charge in [0.15, 0.2) is 0 Å². The molecule has 3 rings (SSSR count). The lowest BCUT2D eigenvalue weighted by atomic mass is 9.99. The van der Waals surface area contributed by atoms with Crippen molar-refractivity contribution < 1.29 is 14.4 Å². The summed E-state index contributed by atoms with van der Waals surface area (Å²) in [6, 6.07) is 3.54. The third kappa shape index (κ3) is 5.57. The summed E-state index contributed by atoms with van der Waals surface area (Å²) in [5.41, 5.74) is 2.24. The van der Waals surface area contributed by atoms with Crippen LogP contribution < -0.4 is 10.6 Å². The summed E-state index contributed by atoms with van der Waals surface area (Å²) in [4.78, 5) is 42.3. The fraction of sp³-hybridized carbons (Fsp3) is 0.545. The number of likely N-dealkylation sites (tertiary alicyclic amines) is 1. The molecular weight excluding hydrogens is 368 g/mol. The number of fused-ring (bicyclic) bond motifs is 1. The van der Waals surface area contributed by atoms with Crippen LogP contribution in [0.15, 0.2) is 12.1 Å². The van der Waals surface area contributed by atoms with Gasteiger partial charge in [0.2, 0.25) is 11.8 Å². The van der Waals surface area contributed by atoms with E-state index in [4.69, 9.17) is 6.42 Å². The van der Waals surface area contributed by atoms with E-state index in [-0.39, 0.29) is 36.5 Å². The molecule has 29 heavy (non-hydrogen) atoms. The van der Waals surface area contributed by atoms with E-state index in [1.807, 2.05) is 6.07 Å². The van der Waals surface area contributed by atoms with Gasteiger partial charge < -0.3 is 15.5 Å². The lowest BCUT2D eigenvalue weighted by molar-refractivity contribution is -0.135. The monoisotopic (exact) mass is 396 g/mol. The van der Waals surface area contributed by atoms with Crippen LogP contribution in [0.4, 0.5) is 5.82 Å². The van der Waals surface area contributed by atoms with Gasteiger partial charge in [-0.2, -0.15) is 0 Å². The molecule has 154 valence electrons. The minimum atomic E-state index is -0.628. The van der Waals surface area contributed by atoms with Crippen LogP contribution in [0.25, 0.3) is 0 Å². The number of nitrogens with zero attached hydrogens (tertiary/aromatic N) is 2. The van der Waals surface area contributed by atoms with Gasteiger partial charge in [-0.1, -0.05) is 12.0 Å². The number of terminal acetylenes is 1.